The Morgan fingerprint density at radius 1 is 0.416 bits per heavy atom. The lowest BCUT2D eigenvalue weighted by atomic mass is 9.96. The smallest absolute Gasteiger partial charge is 0.220 e. The Labute approximate surface area is 530 Å². The molecule has 17 atom stereocenters. The average Bonchev–Trinajstić information content (AvgIpc) is 1.74. The van der Waals surface area contributed by atoms with Crippen LogP contribution in [0.4, 0.5) is 0 Å². The highest BCUT2D eigenvalue weighted by Crippen LogP contribution is 2.33. The summed E-state index contributed by atoms with van der Waals surface area (Å²) in [5.41, 5.74) is 0. The molecule has 1 amide bonds. The van der Waals surface area contributed by atoms with Gasteiger partial charge in [0.25, 0.3) is 0 Å². The lowest BCUT2D eigenvalue weighted by Gasteiger charge is -2.48. The summed E-state index contributed by atoms with van der Waals surface area (Å²) in [5, 5.41) is 119. The Bertz CT molecular complexity index is 2180. The number of ether oxygens (including phenoxy) is 6. The molecule has 3 rings (SSSR count). The number of aliphatic hydroxyl groups excluding tert-OH is 11. The van der Waals surface area contributed by atoms with Gasteiger partial charge in [0.15, 0.2) is 18.9 Å². The number of hydrogen-bond acceptors (Lipinski definition) is 18. The molecule has 19 nitrogen and oxygen atoms in total. The highest BCUT2D eigenvalue weighted by atomic mass is 16.8. The fourth-order valence-electron chi connectivity index (χ4n) is 9.88. The van der Waals surface area contributed by atoms with Gasteiger partial charge in [0.05, 0.1) is 38.6 Å². The maximum atomic E-state index is 13.2. The molecular formula is C70H111NO18. The fraction of sp³-hybridized carbons (Fsp3) is 0.643. The first kappa shape index (κ1) is 78.9. The minimum absolute atomic E-state index is 0.223. The molecule has 89 heavy (non-hydrogen) atoms. The molecule has 17 unspecified atom stereocenters. The second-order valence-electron chi connectivity index (χ2n) is 22.5. The van der Waals surface area contributed by atoms with Crippen molar-refractivity contribution in [2.24, 2.45) is 0 Å². The molecule has 504 valence electrons. The number of amides is 1. The van der Waals surface area contributed by atoms with E-state index in [-0.39, 0.29) is 18.9 Å². The quantitative estimate of drug-likeness (QED) is 0.0206. The van der Waals surface area contributed by atoms with Crippen molar-refractivity contribution in [3.05, 3.63) is 146 Å². The number of allylic oxidation sites excluding steroid dienone is 24. The van der Waals surface area contributed by atoms with Gasteiger partial charge >= 0.3 is 0 Å². The van der Waals surface area contributed by atoms with E-state index in [2.05, 4.69) is 158 Å². The first-order valence-corrected chi connectivity index (χ1v) is 32.6. The molecule has 3 heterocycles. The van der Waals surface area contributed by atoms with Gasteiger partial charge in [0, 0.05) is 6.42 Å². The average molecular weight is 1250 g/mol. The second-order valence-corrected chi connectivity index (χ2v) is 22.5. The van der Waals surface area contributed by atoms with Crippen LogP contribution in [0.2, 0.25) is 0 Å². The predicted molar refractivity (Wildman–Crippen MR) is 346 cm³/mol. The standard InChI is InChI=1S/C70H111NO18/c1-3-5-7-8-9-10-11-12-13-14-15-16-17-18-19-20-21-22-23-24-25-26-27-28-29-30-31-32-33-34-35-36-37-38-39-40-41-42-43-44-46-48-58(76)71-53(54(75)47-45-6-4-2)52-84-68-64(82)61(79)66(56(50-73)86-68)89-70-65(83)62(80)67(57(51-74)87-70)88-69-63(81)60(78)59(77)55(49-72)85-69/h5,7,9-10,12-13,15-16,18-19,21-22,24-25,27-28,30-31,33-34,36-37,39-40,53-57,59-70,72-75,77-83H,3-4,6,8,11,14,17,20,23,26,29,32,35,38,41-52H2,1-2H3,(H,71,76)/b7-5-,10-9-,13-12-,16-15-,19-18-,22-21-,25-24-,28-27-,31-30-,34-33-,37-36-,40-39-. The second kappa shape index (κ2) is 50.3. The molecule has 0 radical (unpaired) electrons. The highest BCUT2D eigenvalue weighted by Gasteiger charge is 2.53. The largest absolute Gasteiger partial charge is 0.394 e. The fourth-order valence-corrected chi connectivity index (χ4v) is 9.88. The van der Waals surface area contributed by atoms with Crippen LogP contribution in [0, 0.1) is 0 Å². The molecule has 0 aromatic rings. The van der Waals surface area contributed by atoms with Crippen molar-refractivity contribution in [1.29, 1.82) is 0 Å². The first-order chi connectivity index (χ1) is 43.3. The molecule has 19 heteroatoms. The third-order valence-corrected chi connectivity index (χ3v) is 15.2. The molecule has 3 fully saturated rings. The molecule has 0 aromatic carbocycles. The monoisotopic (exact) mass is 1250 g/mol. The van der Waals surface area contributed by atoms with Crippen LogP contribution in [-0.2, 0) is 33.2 Å². The van der Waals surface area contributed by atoms with Crippen LogP contribution < -0.4 is 5.32 Å². The third kappa shape index (κ3) is 32.7. The van der Waals surface area contributed by atoms with Gasteiger partial charge in [0.2, 0.25) is 5.91 Å². The zero-order valence-corrected chi connectivity index (χ0v) is 52.8. The minimum Gasteiger partial charge on any atom is -0.394 e. The maximum Gasteiger partial charge on any atom is 0.220 e. The van der Waals surface area contributed by atoms with Gasteiger partial charge in [0.1, 0.15) is 73.2 Å². The van der Waals surface area contributed by atoms with Crippen molar-refractivity contribution in [2.45, 2.75) is 259 Å². The lowest BCUT2D eigenvalue weighted by molar-refractivity contribution is -0.379. The molecule has 0 spiro atoms. The minimum atomic E-state index is -1.98. The van der Waals surface area contributed by atoms with Crippen molar-refractivity contribution in [2.75, 3.05) is 26.4 Å². The van der Waals surface area contributed by atoms with E-state index in [4.69, 9.17) is 28.4 Å². The maximum absolute atomic E-state index is 13.2. The van der Waals surface area contributed by atoms with Crippen molar-refractivity contribution >= 4 is 5.91 Å². The Morgan fingerprint density at radius 3 is 1.18 bits per heavy atom. The summed E-state index contributed by atoms with van der Waals surface area (Å²) in [5.74, 6) is -0.288. The number of nitrogens with one attached hydrogen (secondary N) is 1. The van der Waals surface area contributed by atoms with Gasteiger partial charge < -0.3 is 89.9 Å². The Morgan fingerprint density at radius 2 is 0.775 bits per heavy atom. The summed E-state index contributed by atoms with van der Waals surface area (Å²) in [6.07, 6.45) is 45.2. The van der Waals surface area contributed by atoms with E-state index in [9.17, 15) is 61.0 Å². The molecule has 3 aliphatic heterocycles. The third-order valence-electron chi connectivity index (χ3n) is 15.2. The van der Waals surface area contributed by atoms with E-state index < -0.39 is 124 Å². The normalized spacial score (nSPS) is 29.2. The first-order valence-electron chi connectivity index (χ1n) is 32.6. The van der Waals surface area contributed by atoms with Crippen molar-refractivity contribution < 1.29 is 89.4 Å². The Hall–Kier alpha value is -4.33. The Kier molecular flexibility index (Phi) is 44.6. The lowest BCUT2D eigenvalue weighted by Crippen LogP contribution is -2.66. The number of unbranched alkanes of at least 4 members (excludes halogenated alkanes) is 6. The zero-order valence-electron chi connectivity index (χ0n) is 52.8. The summed E-state index contributed by atoms with van der Waals surface area (Å²) in [6.45, 7) is 1.42. The summed E-state index contributed by atoms with van der Waals surface area (Å²) in [4.78, 5) is 13.2. The SMILES string of the molecule is CC/C=C\C/C=C\C/C=C\C/C=C\C/C=C\C/C=C\C/C=C\C/C=C\C/C=C\C/C=C\C/C=C\C/C=C\CCCCCCC(=O)NC(COC1OC(CO)C(OC2OC(CO)C(OC3OC(CO)C(O)C(O)C3O)C(O)C2O)C(O)C1O)C(O)CCCCC. The van der Waals surface area contributed by atoms with Gasteiger partial charge in [-0.1, -0.05) is 192 Å². The van der Waals surface area contributed by atoms with Crippen molar-refractivity contribution in [3.8, 4) is 0 Å². The van der Waals surface area contributed by atoms with Crippen LogP contribution in [0.5, 0.6) is 0 Å². The molecule has 0 saturated carbocycles. The molecule has 12 N–H and O–H groups in total. The van der Waals surface area contributed by atoms with Gasteiger partial charge in [-0.25, -0.2) is 0 Å². The van der Waals surface area contributed by atoms with E-state index in [1.165, 1.54) is 0 Å². The van der Waals surface area contributed by atoms with Crippen molar-refractivity contribution in [3.63, 3.8) is 0 Å². The highest BCUT2D eigenvalue weighted by molar-refractivity contribution is 5.76. The van der Waals surface area contributed by atoms with Gasteiger partial charge in [-0.3, -0.25) is 4.79 Å². The van der Waals surface area contributed by atoms with E-state index in [0.29, 0.717) is 19.3 Å². The van der Waals surface area contributed by atoms with Crippen LogP contribution in [0.3, 0.4) is 0 Å². The molecule has 0 bridgehead atoms. The number of carbonyl (C=O) groups excluding carboxylic acids is 1. The molecule has 0 aromatic heterocycles. The summed E-state index contributed by atoms with van der Waals surface area (Å²) in [7, 11) is 0. The van der Waals surface area contributed by atoms with Crippen LogP contribution in [0.15, 0.2) is 146 Å². The molecule has 0 aliphatic carbocycles. The number of aliphatic hydroxyl groups is 11. The van der Waals surface area contributed by atoms with E-state index in [1.807, 2.05) is 6.92 Å². The number of rotatable bonds is 46. The van der Waals surface area contributed by atoms with Gasteiger partial charge in [-0.15, -0.1) is 0 Å². The van der Waals surface area contributed by atoms with Crippen LogP contribution >= 0.6 is 0 Å². The predicted octanol–water partition coefficient (Wildman–Crippen LogP) is 7.59. The molecule has 3 saturated heterocycles. The van der Waals surface area contributed by atoms with Crippen LogP contribution in [-0.4, -0.2) is 193 Å². The van der Waals surface area contributed by atoms with Crippen LogP contribution in [0.25, 0.3) is 0 Å². The van der Waals surface area contributed by atoms with Crippen LogP contribution in [0.1, 0.15) is 155 Å². The van der Waals surface area contributed by atoms with E-state index in [0.717, 1.165) is 116 Å². The summed E-state index contributed by atoms with van der Waals surface area (Å²) < 4.78 is 34.0. The summed E-state index contributed by atoms with van der Waals surface area (Å²) in [6, 6.07) is -0.907. The van der Waals surface area contributed by atoms with E-state index >= 15 is 0 Å². The van der Waals surface area contributed by atoms with E-state index in [1.54, 1.807) is 0 Å². The van der Waals surface area contributed by atoms with Gasteiger partial charge in [-0.2, -0.15) is 0 Å². The zero-order chi connectivity index (χ0) is 64.7. The van der Waals surface area contributed by atoms with Gasteiger partial charge in [-0.05, 0) is 103 Å². The number of hydrogen-bond donors (Lipinski definition) is 12. The molecular weight excluding hydrogens is 1140 g/mol. The van der Waals surface area contributed by atoms with Crippen molar-refractivity contribution in [1.82, 2.24) is 5.32 Å². The number of carbonyl (C=O) groups is 1. The Balaban J connectivity index is 1.26. The molecule has 3 aliphatic rings. The summed E-state index contributed by atoms with van der Waals surface area (Å²) >= 11 is 0. The topological polar surface area (TPSA) is 307 Å².